The molecule has 2 aliphatic rings. The molecular weight excluding hydrogens is 484 g/mol. The van der Waals surface area contributed by atoms with Crippen LogP contribution >= 0.6 is 0 Å². The molecule has 0 saturated carbocycles. The minimum atomic E-state index is -1.32. The molecule has 4 rings (SSSR count). The van der Waals surface area contributed by atoms with Crippen LogP contribution in [0.1, 0.15) is 36.0 Å². The van der Waals surface area contributed by atoms with Gasteiger partial charge in [-0.3, -0.25) is 14.4 Å². The van der Waals surface area contributed by atoms with Crippen LogP contribution in [0, 0.1) is 0 Å². The fourth-order valence-corrected chi connectivity index (χ4v) is 4.82. The van der Waals surface area contributed by atoms with Crippen LogP contribution in [0.5, 0.6) is 11.5 Å². The number of carbonyl (C=O) groups is 3. The van der Waals surface area contributed by atoms with Gasteiger partial charge in [-0.25, -0.2) is 0 Å². The molecule has 4 unspecified atom stereocenters. The van der Waals surface area contributed by atoms with Gasteiger partial charge in [0.25, 0.3) is 5.91 Å². The van der Waals surface area contributed by atoms with Gasteiger partial charge in [0, 0.05) is 36.2 Å². The first-order valence-electron chi connectivity index (χ1n) is 12.0. The maximum absolute atomic E-state index is 13.3. The van der Waals surface area contributed by atoms with Crippen LogP contribution in [0.3, 0.4) is 0 Å². The van der Waals surface area contributed by atoms with E-state index in [0.717, 1.165) is 0 Å². The van der Waals surface area contributed by atoms with Crippen molar-refractivity contribution in [3.05, 3.63) is 59.1 Å². The zero-order valence-corrected chi connectivity index (χ0v) is 20.5. The zero-order chi connectivity index (χ0) is 26.7. The summed E-state index contributed by atoms with van der Waals surface area (Å²) in [6, 6.07) is 3.82. The van der Waals surface area contributed by atoms with E-state index in [0.29, 0.717) is 28.2 Å². The van der Waals surface area contributed by atoms with Gasteiger partial charge in [-0.05, 0) is 29.8 Å². The molecule has 4 atom stereocenters. The molecule has 0 radical (unpaired) electrons. The highest BCUT2D eigenvalue weighted by Crippen LogP contribution is 2.51. The molecule has 2 aromatic rings. The Hall–Kier alpha value is -3.67. The quantitative estimate of drug-likeness (QED) is 0.330. The van der Waals surface area contributed by atoms with E-state index in [2.05, 4.69) is 5.32 Å². The third-order valence-electron chi connectivity index (χ3n) is 6.61. The number of Topliss-reactive ketones (excluding diaryl/α,β-unsaturated/α-hetero) is 1. The van der Waals surface area contributed by atoms with Crippen LogP contribution in [0.15, 0.2) is 46.8 Å². The number of aliphatic hydroxyl groups excluding tert-OH is 3. The van der Waals surface area contributed by atoms with Crippen molar-refractivity contribution in [2.24, 2.45) is 0 Å². The summed E-state index contributed by atoms with van der Waals surface area (Å²) in [6.07, 6.45) is 1.96. The van der Waals surface area contributed by atoms with Gasteiger partial charge >= 0.3 is 0 Å². The van der Waals surface area contributed by atoms with Gasteiger partial charge in [0.1, 0.15) is 12.2 Å². The predicted octanol–water partition coefficient (Wildman–Crippen LogP) is 0.411. The van der Waals surface area contributed by atoms with Crippen molar-refractivity contribution in [2.45, 2.75) is 50.7 Å². The molecule has 0 bridgehead atoms. The summed E-state index contributed by atoms with van der Waals surface area (Å²) in [5, 5.41) is 33.1. The summed E-state index contributed by atoms with van der Waals surface area (Å²) in [6.45, 7) is 0.932. The second-order valence-electron chi connectivity index (χ2n) is 8.86. The second-order valence-corrected chi connectivity index (χ2v) is 8.86. The molecule has 1 aromatic carbocycles. The molecule has 4 N–H and O–H groups in total. The fourth-order valence-electron chi connectivity index (χ4n) is 4.82. The first-order chi connectivity index (χ1) is 17.8. The SMILES string of the molecule is CCC(=O)C(=O)N(Cc1ccoc1)C1C=C(C(=O)NCCO)C2c3cc(CO)cc(OC)c3OC2C1O. The van der Waals surface area contributed by atoms with Crippen LogP contribution in [0.4, 0.5) is 0 Å². The second kappa shape index (κ2) is 11.2. The number of hydrogen-bond donors (Lipinski definition) is 4. The van der Waals surface area contributed by atoms with Crippen molar-refractivity contribution >= 4 is 17.6 Å². The molecule has 2 amide bonds. The number of benzene rings is 1. The van der Waals surface area contributed by atoms with E-state index in [-0.39, 0.29) is 38.3 Å². The van der Waals surface area contributed by atoms with E-state index >= 15 is 0 Å². The standard InChI is InChI=1S/C26H30N2O9/c1-3-19(31)26(34)28(11-14-4-7-36-13-14)18-10-17(25(33)27-5-6-29)21-16-8-15(12-30)9-20(35-2)23(16)37-24(21)22(18)32/h4,7-10,13,18,21-22,24,29-30,32H,3,5-6,11-12H2,1-2H3,(H,27,33). The number of nitrogens with zero attached hydrogens (tertiary/aromatic N) is 1. The van der Waals surface area contributed by atoms with Gasteiger partial charge in [-0.2, -0.15) is 0 Å². The minimum absolute atomic E-state index is 0.0134. The van der Waals surface area contributed by atoms with Crippen molar-refractivity contribution in [3.63, 3.8) is 0 Å². The van der Waals surface area contributed by atoms with Gasteiger partial charge < -0.3 is 39.4 Å². The number of amides is 2. The Labute approximate surface area is 213 Å². The summed E-state index contributed by atoms with van der Waals surface area (Å²) in [7, 11) is 1.44. The fraction of sp³-hybridized carbons (Fsp3) is 0.423. The minimum Gasteiger partial charge on any atom is -0.493 e. The summed E-state index contributed by atoms with van der Waals surface area (Å²) in [4.78, 5) is 40.1. The van der Waals surface area contributed by atoms with Crippen LogP contribution in [0.2, 0.25) is 0 Å². The van der Waals surface area contributed by atoms with E-state index in [1.54, 1.807) is 25.1 Å². The number of aliphatic hydroxyl groups is 3. The Kier molecular flexibility index (Phi) is 7.96. The van der Waals surface area contributed by atoms with Crippen molar-refractivity contribution in [1.82, 2.24) is 10.2 Å². The van der Waals surface area contributed by atoms with Gasteiger partial charge in [0.15, 0.2) is 11.5 Å². The zero-order valence-electron chi connectivity index (χ0n) is 20.5. The number of nitrogens with one attached hydrogen (secondary N) is 1. The van der Waals surface area contributed by atoms with Crippen molar-refractivity contribution in [1.29, 1.82) is 0 Å². The molecule has 1 aliphatic heterocycles. The Bertz CT molecular complexity index is 1190. The third-order valence-corrected chi connectivity index (χ3v) is 6.61. The van der Waals surface area contributed by atoms with Gasteiger partial charge in [0.05, 0.1) is 44.8 Å². The lowest BCUT2D eigenvalue weighted by atomic mass is 9.77. The molecule has 37 heavy (non-hydrogen) atoms. The van der Waals surface area contributed by atoms with Crippen LogP contribution in [-0.4, -0.2) is 76.3 Å². The van der Waals surface area contributed by atoms with Gasteiger partial charge in [-0.1, -0.05) is 6.92 Å². The molecule has 1 aromatic heterocycles. The highest BCUT2D eigenvalue weighted by molar-refractivity contribution is 6.36. The first-order valence-corrected chi connectivity index (χ1v) is 12.0. The monoisotopic (exact) mass is 514 g/mol. The Morgan fingerprint density at radius 2 is 1.97 bits per heavy atom. The molecule has 2 heterocycles. The number of rotatable bonds is 10. The average molecular weight is 515 g/mol. The van der Waals surface area contributed by atoms with E-state index in [9.17, 15) is 29.7 Å². The predicted molar refractivity (Wildman–Crippen MR) is 129 cm³/mol. The average Bonchev–Trinajstić information content (AvgIpc) is 3.57. The van der Waals surface area contributed by atoms with Crippen molar-refractivity contribution in [2.75, 3.05) is 20.3 Å². The Morgan fingerprint density at radius 1 is 1.19 bits per heavy atom. The molecular formula is C26H30N2O9. The smallest absolute Gasteiger partial charge is 0.290 e. The van der Waals surface area contributed by atoms with E-state index < -0.39 is 41.8 Å². The lowest BCUT2D eigenvalue weighted by Crippen LogP contribution is -2.56. The van der Waals surface area contributed by atoms with E-state index in [4.69, 9.17) is 13.9 Å². The Morgan fingerprint density at radius 3 is 2.59 bits per heavy atom. The summed E-state index contributed by atoms with van der Waals surface area (Å²) < 4.78 is 16.7. The van der Waals surface area contributed by atoms with Crippen molar-refractivity contribution < 1.29 is 43.6 Å². The molecule has 11 nitrogen and oxygen atoms in total. The topological polar surface area (TPSA) is 159 Å². The van der Waals surface area contributed by atoms with Crippen molar-refractivity contribution in [3.8, 4) is 11.5 Å². The summed E-state index contributed by atoms with van der Waals surface area (Å²) in [5.41, 5.74) is 1.85. The number of hydrogen-bond acceptors (Lipinski definition) is 9. The molecule has 0 spiro atoms. The molecule has 198 valence electrons. The molecule has 1 aliphatic carbocycles. The molecule has 11 heteroatoms. The number of furan rings is 1. The number of ether oxygens (including phenoxy) is 2. The number of carbonyl (C=O) groups excluding carboxylic acids is 3. The third kappa shape index (κ3) is 4.97. The highest BCUT2D eigenvalue weighted by atomic mass is 16.5. The maximum Gasteiger partial charge on any atom is 0.290 e. The number of ketones is 1. The normalized spacial score (nSPS) is 21.8. The van der Waals surface area contributed by atoms with Crippen LogP contribution < -0.4 is 14.8 Å². The molecule has 0 saturated heterocycles. The van der Waals surface area contributed by atoms with Gasteiger partial charge in [0.2, 0.25) is 11.7 Å². The van der Waals surface area contributed by atoms with Crippen LogP contribution in [-0.2, 0) is 27.5 Å². The maximum atomic E-state index is 13.3. The Balaban J connectivity index is 1.83. The lowest BCUT2D eigenvalue weighted by Gasteiger charge is -2.40. The first kappa shape index (κ1) is 26.4. The van der Waals surface area contributed by atoms with Gasteiger partial charge in [-0.15, -0.1) is 0 Å². The number of methoxy groups -OCH3 is 1. The largest absolute Gasteiger partial charge is 0.493 e. The van der Waals surface area contributed by atoms with E-state index in [1.807, 2.05) is 0 Å². The number of fused-ring (bicyclic) bond motifs is 3. The summed E-state index contributed by atoms with van der Waals surface area (Å²) in [5.74, 6) is -2.11. The van der Waals surface area contributed by atoms with Crippen LogP contribution in [0.25, 0.3) is 0 Å². The molecule has 0 fully saturated rings. The highest BCUT2D eigenvalue weighted by Gasteiger charge is 2.51. The summed E-state index contributed by atoms with van der Waals surface area (Å²) >= 11 is 0. The lowest BCUT2D eigenvalue weighted by molar-refractivity contribution is -0.148. The van der Waals surface area contributed by atoms with E-state index in [1.165, 1.54) is 30.6 Å².